The standard InChI is InChI=1S/C21H27N7/c1-4-27(3)20-17(6-5-11-22)16-23-21(25-20)24-18-7-9-19(10-8-18)28-14-12-26(2)13-15-28/h5-10,16H,4,12-15H2,1-3H3,(H,23,24,25)/b6-5+. The lowest BCUT2D eigenvalue weighted by Crippen LogP contribution is -2.44. The van der Waals surface area contributed by atoms with E-state index in [2.05, 4.69) is 63.3 Å². The van der Waals surface area contributed by atoms with Crippen molar-refractivity contribution >= 4 is 29.2 Å². The molecule has 2 aromatic rings. The first-order chi connectivity index (χ1) is 13.6. The van der Waals surface area contributed by atoms with Crippen LogP contribution in [0.2, 0.25) is 0 Å². The van der Waals surface area contributed by atoms with Crippen LogP contribution in [0.3, 0.4) is 0 Å². The van der Waals surface area contributed by atoms with Crippen LogP contribution in [0.15, 0.2) is 36.5 Å². The molecule has 0 amide bonds. The Morgan fingerprint density at radius 3 is 2.57 bits per heavy atom. The van der Waals surface area contributed by atoms with Crippen LogP contribution in [0, 0.1) is 11.3 Å². The number of likely N-dealkylation sites (N-methyl/N-ethyl adjacent to an activating group) is 1. The molecule has 0 spiro atoms. The maximum Gasteiger partial charge on any atom is 0.229 e. The van der Waals surface area contributed by atoms with Gasteiger partial charge in [-0.25, -0.2) is 4.98 Å². The molecule has 1 aliphatic heterocycles. The fourth-order valence-corrected chi connectivity index (χ4v) is 3.09. The third-order valence-electron chi connectivity index (χ3n) is 4.96. The van der Waals surface area contributed by atoms with E-state index in [1.165, 1.54) is 11.8 Å². The fraction of sp³-hybridized carbons (Fsp3) is 0.381. The summed E-state index contributed by atoms with van der Waals surface area (Å²) >= 11 is 0. The minimum atomic E-state index is 0.539. The molecule has 7 heteroatoms. The van der Waals surface area contributed by atoms with Gasteiger partial charge >= 0.3 is 0 Å². The van der Waals surface area contributed by atoms with E-state index in [9.17, 15) is 0 Å². The first-order valence-corrected chi connectivity index (χ1v) is 9.55. The smallest absolute Gasteiger partial charge is 0.229 e. The summed E-state index contributed by atoms with van der Waals surface area (Å²) in [6.45, 7) is 7.16. The van der Waals surface area contributed by atoms with Crippen LogP contribution in [-0.4, -0.2) is 61.7 Å². The quantitative estimate of drug-likeness (QED) is 0.776. The van der Waals surface area contributed by atoms with E-state index in [0.29, 0.717) is 5.95 Å². The van der Waals surface area contributed by atoms with Crippen molar-refractivity contribution in [1.82, 2.24) is 14.9 Å². The van der Waals surface area contributed by atoms with Crippen LogP contribution in [0.4, 0.5) is 23.1 Å². The van der Waals surface area contributed by atoms with Crippen molar-refractivity contribution in [3.63, 3.8) is 0 Å². The summed E-state index contributed by atoms with van der Waals surface area (Å²) in [4.78, 5) is 15.8. The van der Waals surface area contributed by atoms with Gasteiger partial charge in [0.1, 0.15) is 5.82 Å². The van der Waals surface area contributed by atoms with E-state index in [1.807, 2.05) is 18.0 Å². The molecule has 1 aromatic heterocycles. The zero-order valence-electron chi connectivity index (χ0n) is 16.8. The molecule has 0 unspecified atom stereocenters. The number of hydrogen-bond acceptors (Lipinski definition) is 7. The average Bonchev–Trinajstić information content (AvgIpc) is 2.73. The van der Waals surface area contributed by atoms with Crippen molar-refractivity contribution < 1.29 is 0 Å². The number of nitriles is 1. The largest absolute Gasteiger partial charge is 0.369 e. The van der Waals surface area contributed by atoms with E-state index in [0.717, 1.165) is 49.8 Å². The van der Waals surface area contributed by atoms with Crippen LogP contribution in [0.5, 0.6) is 0 Å². The lowest BCUT2D eigenvalue weighted by molar-refractivity contribution is 0.313. The molecule has 2 heterocycles. The highest BCUT2D eigenvalue weighted by Gasteiger charge is 2.14. The Morgan fingerprint density at radius 1 is 1.21 bits per heavy atom. The molecule has 1 aliphatic rings. The maximum atomic E-state index is 8.78. The van der Waals surface area contributed by atoms with Crippen molar-refractivity contribution in [3.8, 4) is 6.07 Å². The van der Waals surface area contributed by atoms with Crippen LogP contribution < -0.4 is 15.1 Å². The van der Waals surface area contributed by atoms with Gasteiger partial charge in [-0.1, -0.05) is 0 Å². The summed E-state index contributed by atoms with van der Waals surface area (Å²) in [5, 5.41) is 12.1. The number of anilines is 4. The lowest BCUT2D eigenvalue weighted by Gasteiger charge is -2.34. The van der Waals surface area contributed by atoms with Gasteiger partial charge in [-0.2, -0.15) is 10.2 Å². The number of nitrogens with one attached hydrogen (secondary N) is 1. The molecule has 146 valence electrons. The fourth-order valence-electron chi connectivity index (χ4n) is 3.09. The second-order valence-corrected chi connectivity index (χ2v) is 6.91. The zero-order valence-corrected chi connectivity index (χ0v) is 16.8. The summed E-state index contributed by atoms with van der Waals surface area (Å²) in [6.07, 6.45) is 4.91. The highest BCUT2D eigenvalue weighted by Crippen LogP contribution is 2.23. The molecule has 0 aliphatic carbocycles. The summed E-state index contributed by atoms with van der Waals surface area (Å²) in [6, 6.07) is 10.4. The number of hydrogen-bond donors (Lipinski definition) is 1. The van der Waals surface area contributed by atoms with E-state index in [4.69, 9.17) is 5.26 Å². The number of aromatic nitrogens is 2. The molecule has 1 N–H and O–H groups in total. The molecule has 1 saturated heterocycles. The monoisotopic (exact) mass is 377 g/mol. The van der Waals surface area contributed by atoms with Gasteiger partial charge in [0.25, 0.3) is 0 Å². The Labute approximate surface area is 166 Å². The maximum absolute atomic E-state index is 8.78. The topological polar surface area (TPSA) is 71.3 Å². The molecule has 0 bridgehead atoms. The highest BCUT2D eigenvalue weighted by atomic mass is 15.2. The summed E-state index contributed by atoms with van der Waals surface area (Å²) < 4.78 is 0. The second kappa shape index (κ2) is 9.20. The Morgan fingerprint density at radius 2 is 1.93 bits per heavy atom. The Kier molecular flexibility index (Phi) is 6.45. The Balaban J connectivity index is 1.74. The van der Waals surface area contributed by atoms with Crippen LogP contribution in [-0.2, 0) is 0 Å². The number of nitrogens with zero attached hydrogens (tertiary/aromatic N) is 6. The van der Waals surface area contributed by atoms with Gasteiger partial charge in [-0.05, 0) is 44.3 Å². The van der Waals surface area contributed by atoms with E-state index in [-0.39, 0.29) is 0 Å². The van der Waals surface area contributed by atoms with Gasteiger partial charge in [0.2, 0.25) is 5.95 Å². The lowest BCUT2D eigenvalue weighted by atomic mass is 10.2. The SMILES string of the molecule is CCN(C)c1nc(Nc2ccc(N3CCN(C)CC3)cc2)ncc1/C=C/C#N. The van der Waals surface area contributed by atoms with Crippen molar-refractivity contribution in [2.45, 2.75) is 6.92 Å². The van der Waals surface area contributed by atoms with Crippen LogP contribution in [0.1, 0.15) is 12.5 Å². The van der Waals surface area contributed by atoms with E-state index in [1.54, 1.807) is 12.3 Å². The number of allylic oxidation sites excluding steroid dienone is 1. The first-order valence-electron chi connectivity index (χ1n) is 9.55. The average molecular weight is 377 g/mol. The molecule has 3 rings (SSSR count). The third-order valence-corrected chi connectivity index (χ3v) is 4.96. The zero-order chi connectivity index (χ0) is 19.9. The van der Waals surface area contributed by atoms with Gasteiger partial charge in [0.15, 0.2) is 0 Å². The molecule has 1 aromatic carbocycles. The van der Waals surface area contributed by atoms with E-state index < -0.39 is 0 Å². The third kappa shape index (κ3) is 4.78. The summed E-state index contributed by atoms with van der Waals surface area (Å²) in [5.41, 5.74) is 3.01. The molecule has 1 fully saturated rings. The van der Waals surface area contributed by atoms with Gasteiger partial charge in [0.05, 0.1) is 6.07 Å². The molecular weight excluding hydrogens is 350 g/mol. The minimum Gasteiger partial charge on any atom is -0.369 e. The van der Waals surface area contributed by atoms with Gasteiger partial charge < -0.3 is 20.0 Å². The van der Waals surface area contributed by atoms with Crippen molar-refractivity contribution in [1.29, 1.82) is 5.26 Å². The summed E-state index contributed by atoms with van der Waals surface area (Å²) in [7, 11) is 4.14. The van der Waals surface area contributed by atoms with Gasteiger partial charge in [-0.15, -0.1) is 0 Å². The molecule has 7 nitrogen and oxygen atoms in total. The minimum absolute atomic E-state index is 0.539. The van der Waals surface area contributed by atoms with Gasteiger partial charge in [-0.3, -0.25) is 0 Å². The molecule has 0 radical (unpaired) electrons. The Hall–Kier alpha value is -3.11. The molecular formula is C21H27N7. The predicted molar refractivity (Wildman–Crippen MR) is 115 cm³/mol. The van der Waals surface area contributed by atoms with Crippen LogP contribution >= 0.6 is 0 Å². The normalized spacial score (nSPS) is 14.9. The predicted octanol–water partition coefficient (Wildman–Crippen LogP) is 2.96. The van der Waals surface area contributed by atoms with Gasteiger partial charge in [0, 0.05) is 69.0 Å². The van der Waals surface area contributed by atoms with Crippen molar-refractivity contribution in [3.05, 3.63) is 42.1 Å². The molecule has 0 atom stereocenters. The second-order valence-electron chi connectivity index (χ2n) is 6.91. The molecule has 28 heavy (non-hydrogen) atoms. The van der Waals surface area contributed by atoms with E-state index >= 15 is 0 Å². The summed E-state index contributed by atoms with van der Waals surface area (Å²) in [5.74, 6) is 1.33. The van der Waals surface area contributed by atoms with Crippen LogP contribution in [0.25, 0.3) is 6.08 Å². The Bertz CT molecular complexity index is 846. The molecule has 0 saturated carbocycles. The van der Waals surface area contributed by atoms with Crippen molar-refractivity contribution in [2.75, 3.05) is 61.9 Å². The number of piperazine rings is 1. The van der Waals surface area contributed by atoms with Crippen molar-refractivity contribution in [2.24, 2.45) is 0 Å². The number of benzene rings is 1. The number of rotatable bonds is 6. The first kappa shape index (κ1) is 19.6. The highest BCUT2D eigenvalue weighted by molar-refractivity contribution is 5.67.